The largest absolute Gasteiger partial charge is 0.369 e. The maximum atomic E-state index is 6.24. The Bertz CT molecular complexity index is 731. The number of benzene rings is 2. The van der Waals surface area contributed by atoms with Crippen molar-refractivity contribution in [2.75, 3.05) is 5.73 Å². The molecule has 0 bridgehead atoms. The lowest BCUT2D eigenvalue weighted by Gasteiger charge is -2.09. The van der Waals surface area contributed by atoms with Gasteiger partial charge in [0.15, 0.2) is 0 Å². The molecule has 90 valence electrons. The molecule has 0 aliphatic carbocycles. The summed E-state index contributed by atoms with van der Waals surface area (Å²) < 4.78 is 1.90. The fraction of sp³-hybridized carbons (Fsp3) is 0.0714. The maximum Gasteiger partial charge on any atom is 0.205 e. The quantitative estimate of drug-likeness (QED) is 0.724. The van der Waals surface area contributed by atoms with Crippen molar-refractivity contribution >= 4 is 28.6 Å². The number of aryl methyl sites for hydroxylation is 1. The van der Waals surface area contributed by atoms with Crippen LogP contribution in [0.15, 0.2) is 42.5 Å². The van der Waals surface area contributed by atoms with Crippen LogP contribution in [-0.2, 0) is 0 Å². The van der Waals surface area contributed by atoms with Gasteiger partial charge in [-0.25, -0.2) is 4.98 Å². The summed E-state index contributed by atoms with van der Waals surface area (Å²) in [7, 11) is 0. The maximum absolute atomic E-state index is 6.24. The summed E-state index contributed by atoms with van der Waals surface area (Å²) in [6, 6.07) is 13.6. The van der Waals surface area contributed by atoms with Crippen molar-refractivity contribution in [1.82, 2.24) is 9.55 Å². The molecule has 2 N–H and O–H groups in total. The Morgan fingerprint density at radius 3 is 2.67 bits per heavy atom. The van der Waals surface area contributed by atoms with Crippen molar-refractivity contribution in [3.05, 3.63) is 53.1 Å². The van der Waals surface area contributed by atoms with Gasteiger partial charge in [-0.05, 0) is 30.7 Å². The molecule has 0 saturated carbocycles. The number of hydrogen-bond acceptors (Lipinski definition) is 2. The van der Waals surface area contributed by atoms with Crippen LogP contribution in [0.3, 0.4) is 0 Å². The molecule has 1 aromatic heterocycles. The van der Waals surface area contributed by atoms with Gasteiger partial charge in [-0.3, -0.25) is 4.57 Å². The zero-order valence-corrected chi connectivity index (χ0v) is 10.6. The van der Waals surface area contributed by atoms with E-state index in [1.54, 1.807) is 0 Å². The molecular formula is C14H12ClN3. The Kier molecular flexibility index (Phi) is 2.49. The second-order valence-electron chi connectivity index (χ2n) is 4.20. The van der Waals surface area contributed by atoms with E-state index in [9.17, 15) is 0 Å². The lowest BCUT2D eigenvalue weighted by atomic mass is 10.2. The van der Waals surface area contributed by atoms with Crippen molar-refractivity contribution in [3.63, 3.8) is 0 Å². The summed E-state index contributed by atoms with van der Waals surface area (Å²) in [6.45, 7) is 2.04. The number of halogens is 1. The number of rotatable bonds is 1. The normalized spacial score (nSPS) is 11.0. The predicted octanol–water partition coefficient (Wildman–Crippen LogP) is 3.57. The zero-order valence-electron chi connectivity index (χ0n) is 9.89. The van der Waals surface area contributed by atoms with Crippen molar-refractivity contribution in [3.8, 4) is 5.69 Å². The fourth-order valence-electron chi connectivity index (χ4n) is 2.19. The van der Waals surface area contributed by atoms with Gasteiger partial charge in [-0.2, -0.15) is 0 Å². The monoisotopic (exact) mass is 257 g/mol. The van der Waals surface area contributed by atoms with Gasteiger partial charge in [0.25, 0.3) is 0 Å². The minimum atomic E-state index is 0.451. The van der Waals surface area contributed by atoms with E-state index in [0.29, 0.717) is 11.0 Å². The molecule has 0 amide bonds. The highest BCUT2D eigenvalue weighted by atomic mass is 35.5. The summed E-state index contributed by atoms with van der Waals surface area (Å²) in [4.78, 5) is 4.37. The third-order valence-electron chi connectivity index (χ3n) is 3.00. The Morgan fingerprint density at radius 1 is 1.11 bits per heavy atom. The SMILES string of the molecule is Cc1cccc2nc(N)n(-c3ccccc3Cl)c12. The van der Waals surface area contributed by atoms with Crippen LogP contribution < -0.4 is 5.73 Å². The first-order chi connectivity index (χ1) is 8.68. The highest BCUT2D eigenvalue weighted by Crippen LogP contribution is 2.29. The molecule has 0 fully saturated rings. The molecule has 3 aromatic rings. The van der Waals surface area contributed by atoms with Crippen LogP contribution in [0, 0.1) is 6.92 Å². The van der Waals surface area contributed by atoms with Gasteiger partial charge < -0.3 is 5.73 Å². The molecule has 0 spiro atoms. The van der Waals surface area contributed by atoms with E-state index in [1.165, 1.54) is 0 Å². The van der Waals surface area contributed by atoms with Crippen LogP contribution >= 0.6 is 11.6 Å². The highest BCUT2D eigenvalue weighted by Gasteiger charge is 2.13. The molecule has 0 aliphatic heterocycles. The molecule has 3 rings (SSSR count). The fourth-order valence-corrected chi connectivity index (χ4v) is 2.41. The molecule has 0 radical (unpaired) electrons. The van der Waals surface area contributed by atoms with Crippen LogP contribution in [0.4, 0.5) is 5.95 Å². The third kappa shape index (κ3) is 1.56. The average Bonchev–Trinajstić information content (AvgIpc) is 2.68. The molecule has 2 aromatic carbocycles. The summed E-state index contributed by atoms with van der Waals surface area (Å²) in [6.07, 6.45) is 0. The number of anilines is 1. The zero-order chi connectivity index (χ0) is 12.7. The van der Waals surface area contributed by atoms with E-state index < -0.39 is 0 Å². The molecule has 0 aliphatic rings. The smallest absolute Gasteiger partial charge is 0.205 e. The van der Waals surface area contributed by atoms with E-state index in [1.807, 2.05) is 54.0 Å². The molecule has 0 saturated heterocycles. The summed E-state index contributed by atoms with van der Waals surface area (Å²) in [5.41, 5.74) is 9.88. The van der Waals surface area contributed by atoms with Crippen LogP contribution in [0.5, 0.6) is 0 Å². The first-order valence-corrected chi connectivity index (χ1v) is 6.05. The third-order valence-corrected chi connectivity index (χ3v) is 3.32. The Labute approximate surface area is 110 Å². The topological polar surface area (TPSA) is 43.8 Å². The molecular weight excluding hydrogens is 246 g/mol. The van der Waals surface area contributed by atoms with E-state index in [2.05, 4.69) is 4.98 Å². The number of nitrogen functional groups attached to an aromatic ring is 1. The summed E-state index contributed by atoms with van der Waals surface area (Å²) in [5, 5.41) is 0.659. The number of imidazole rings is 1. The standard InChI is InChI=1S/C14H12ClN3/c1-9-5-4-7-11-13(9)18(14(16)17-11)12-8-3-2-6-10(12)15/h2-8H,1H3,(H2,16,17). The molecule has 0 unspecified atom stereocenters. The number of hydrogen-bond donors (Lipinski definition) is 1. The van der Waals surface area contributed by atoms with Crippen molar-refractivity contribution < 1.29 is 0 Å². The molecule has 4 heteroatoms. The van der Waals surface area contributed by atoms with Gasteiger partial charge >= 0.3 is 0 Å². The van der Waals surface area contributed by atoms with Crippen molar-refractivity contribution in [2.45, 2.75) is 6.92 Å². The van der Waals surface area contributed by atoms with E-state index in [-0.39, 0.29) is 0 Å². The minimum absolute atomic E-state index is 0.451. The molecule has 1 heterocycles. The van der Waals surface area contributed by atoms with Gasteiger partial charge in [-0.15, -0.1) is 0 Å². The minimum Gasteiger partial charge on any atom is -0.369 e. The number of para-hydroxylation sites is 2. The van der Waals surface area contributed by atoms with E-state index in [0.717, 1.165) is 22.3 Å². The second kappa shape index (κ2) is 4.03. The molecule has 18 heavy (non-hydrogen) atoms. The van der Waals surface area contributed by atoms with Gasteiger partial charge in [0.2, 0.25) is 5.95 Å². The number of aromatic nitrogens is 2. The van der Waals surface area contributed by atoms with Crippen LogP contribution in [0.25, 0.3) is 16.7 Å². The van der Waals surface area contributed by atoms with Gasteiger partial charge in [0.05, 0.1) is 21.7 Å². The molecule has 0 atom stereocenters. The summed E-state index contributed by atoms with van der Waals surface area (Å²) >= 11 is 6.24. The van der Waals surface area contributed by atoms with Crippen molar-refractivity contribution in [2.24, 2.45) is 0 Å². The number of fused-ring (bicyclic) bond motifs is 1. The molecule has 3 nitrogen and oxygen atoms in total. The Morgan fingerprint density at radius 2 is 1.89 bits per heavy atom. The van der Waals surface area contributed by atoms with Crippen LogP contribution in [-0.4, -0.2) is 9.55 Å². The first kappa shape index (κ1) is 11.1. The van der Waals surface area contributed by atoms with Crippen LogP contribution in [0.1, 0.15) is 5.56 Å². The average molecular weight is 258 g/mol. The van der Waals surface area contributed by atoms with Gasteiger partial charge in [-0.1, -0.05) is 35.9 Å². The predicted molar refractivity (Wildman–Crippen MR) is 75.2 cm³/mol. The van der Waals surface area contributed by atoms with Gasteiger partial charge in [0.1, 0.15) is 0 Å². The van der Waals surface area contributed by atoms with E-state index >= 15 is 0 Å². The Balaban J connectivity index is 2.43. The number of nitrogens with zero attached hydrogens (tertiary/aromatic N) is 2. The highest BCUT2D eigenvalue weighted by molar-refractivity contribution is 6.32. The second-order valence-corrected chi connectivity index (χ2v) is 4.61. The van der Waals surface area contributed by atoms with Crippen molar-refractivity contribution in [1.29, 1.82) is 0 Å². The lowest BCUT2D eigenvalue weighted by molar-refractivity contribution is 1.10. The Hall–Kier alpha value is -2.00. The van der Waals surface area contributed by atoms with E-state index in [4.69, 9.17) is 17.3 Å². The van der Waals surface area contributed by atoms with Crippen LogP contribution in [0.2, 0.25) is 5.02 Å². The first-order valence-electron chi connectivity index (χ1n) is 5.67. The van der Waals surface area contributed by atoms with Gasteiger partial charge in [0, 0.05) is 0 Å². The summed E-state index contributed by atoms with van der Waals surface area (Å²) in [5.74, 6) is 0.451. The number of nitrogens with two attached hydrogens (primary N) is 1. The lowest BCUT2D eigenvalue weighted by Crippen LogP contribution is -2.01.